The summed E-state index contributed by atoms with van der Waals surface area (Å²) in [5.74, 6) is 0.864. The van der Waals surface area contributed by atoms with Crippen LogP contribution >= 0.6 is 0 Å². The first-order chi connectivity index (χ1) is 7.77. The third kappa shape index (κ3) is 2.26. The quantitative estimate of drug-likeness (QED) is 0.567. The minimum atomic E-state index is 0.306. The Morgan fingerprint density at radius 2 is 1.94 bits per heavy atom. The molecule has 0 aliphatic heterocycles. The minimum Gasteiger partial charge on any atom is -0.102 e. The van der Waals surface area contributed by atoms with Crippen molar-refractivity contribution < 1.29 is 0 Å². The lowest BCUT2D eigenvalue weighted by atomic mass is 9.64. The topological polar surface area (TPSA) is 0 Å². The van der Waals surface area contributed by atoms with Crippen molar-refractivity contribution in [3.63, 3.8) is 0 Å². The Balaban J connectivity index is 2.16. The largest absolute Gasteiger partial charge is 0.102 e. The van der Waals surface area contributed by atoms with E-state index in [1.165, 1.54) is 57.8 Å². The summed E-state index contributed by atoms with van der Waals surface area (Å²) in [5.41, 5.74) is 2.00. The standard InChI is InChI=1S/C16H26/c1-3-16(2,14-10-6-4-7-11-14)15-12-8-5-9-13-15/h3,10,15H,1,4-9,11-13H2,2H3. The van der Waals surface area contributed by atoms with Crippen LogP contribution in [0.2, 0.25) is 0 Å². The van der Waals surface area contributed by atoms with E-state index in [1.54, 1.807) is 5.57 Å². The van der Waals surface area contributed by atoms with Crippen molar-refractivity contribution in [1.82, 2.24) is 0 Å². The number of hydrogen-bond acceptors (Lipinski definition) is 0. The van der Waals surface area contributed by atoms with Crippen molar-refractivity contribution in [2.45, 2.75) is 64.7 Å². The molecule has 0 nitrogen and oxygen atoms in total. The molecule has 1 unspecified atom stereocenters. The monoisotopic (exact) mass is 218 g/mol. The summed E-state index contributed by atoms with van der Waals surface area (Å²) in [7, 11) is 0. The predicted molar refractivity (Wildman–Crippen MR) is 71.4 cm³/mol. The molecule has 0 amide bonds. The second kappa shape index (κ2) is 5.21. The molecule has 0 heteroatoms. The fourth-order valence-electron chi connectivity index (χ4n) is 3.59. The molecule has 90 valence electrons. The summed E-state index contributed by atoms with van der Waals surface area (Å²) in [6, 6.07) is 0. The molecule has 0 spiro atoms. The third-order valence-corrected chi connectivity index (χ3v) is 4.86. The maximum absolute atomic E-state index is 4.14. The van der Waals surface area contributed by atoms with Gasteiger partial charge in [-0.3, -0.25) is 0 Å². The highest BCUT2D eigenvalue weighted by atomic mass is 14.4. The van der Waals surface area contributed by atoms with Crippen LogP contribution in [0.4, 0.5) is 0 Å². The average Bonchev–Trinajstić information content (AvgIpc) is 2.40. The van der Waals surface area contributed by atoms with Gasteiger partial charge in [0, 0.05) is 5.41 Å². The van der Waals surface area contributed by atoms with Crippen LogP contribution < -0.4 is 0 Å². The molecule has 1 fully saturated rings. The van der Waals surface area contributed by atoms with Crippen molar-refractivity contribution >= 4 is 0 Å². The lowest BCUT2D eigenvalue weighted by Crippen LogP contribution is -2.30. The highest BCUT2D eigenvalue weighted by Crippen LogP contribution is 2.47. The van der Waals surface area contributed by atoms with Gasteiger partial charge >= 0.3 is 0 Å². The second-order valence-electron chi connectivity index (χ2n) is 5.80. The minimum absolute atomic E-state index is 0.306. The lowest BCUT2D eigenvalue weighted by molar-refractivity contribution is 0.219. The molecule has 0 N–H and O–H groups in total. The van der Waals surface area contributed by atoms with E-state index in [4.69, 9.17) is 0 Å². The fourth-order valence-corrected chi connectivity index (χ4v) is 3.59. The maximum Gasteiger partial charge on any atom is 0.00880 e. The van der Waals surface area contributed by atoms with Gasteiger partial charge < -0.3 is 0 Å². The summed E-state index contributed by atoms with van der Waals surface area (Å²) in [5, 5.41) is 0. The van der Waals surface area contributed by atoms with Crippen molar-refractivity contribution in [2.75, 3.05) is 0 Å². The smallest absolute Gasteiger partial charge is 0.00880 e. The van der Waals surface area contributed by atoms with Crippen LogP contribution in [0.1, 0.15) is 64.7 Å². The highest BCUT2D eigenvalue weighted by molar-refractivity contribution is 5.23. The fraction of sp³-hybridized carbons (Fsp3) is 0.750. The van der Waals surface area contributed by atoms with Gasteiger partial charge in [-0.2, -0.15) is 0 Å². The van der Waals surface area contributed by atoms with Crippen molar-refractivity contribution in [2.24, 2.45) is 11.3 Å². The maximum atomic E-state index is 4.14. The normalized spacial score (nSPS) is 26.9. The Bertz CT molecular complexity index is 268. The molecule has 16 heavy (non-hydrogen) atoms. The average molecular weight is 218 g/mol. The summed E-state index contributed by atoms with van der Waals surface area (Å²) in [6.07, 6.45) is 17.3. The zero-order chi connectivity index (χ0) is 11.4. The number of rotatable bonds is 3. The van der Waals surface area contributed by atoms with Gasteiger partial charge in [0.1, 0.15) is 0 Å². The van der Waals surface area contributed by atoms with Gasteiger partial charge in [-0.25, -0.2) is 0 Å². The molecular formula is C16H26. The van der Waals surface area contributed by atoms with Gasteiger partial charge in [0.2, 0.25) is 0 Å². The molecule has 0 saturated heterocycles. The SMILES string of the molecule is C=CC(C)(C1=CCCCC1)C1CCCCC1. The Hall–Kier alpha value is -0.520. The Morgan fingerprint density at radius 3 is 2.50 bits per heavy atom. The molecule has 2 rings (SSSR count). The van der Waals surface area contributed by atoms with Crippen LogP contribution in [-0.4, -0.2) is 0 Å². The summed E-state index contributed by atoms with van der Waals surface area (Å²) < 4.78 is 0. The third-order valence-electron chi connectivity index (χ3n) is 4.86. The van der Waals surface area contributed by atoms with E-state index in [1.807, 2.05) is 0 Å². The van der Waals surface area contributed by atoms with Crippen LogP contribution in [0.5, 0.6) is 0 Å². The lowest BCUT2D eigenvalue weighted by Gasteiger charge is -2.41. The van der Waals surface area contributed by atoms with Crippen LogP contribution in [0.15, 0.2) is 24.3 Å². The molecule has 0 bridgehead atoms. The Kier molecular flexibility index (Phi) is 3.89. The summed E-state index contributed by atoms with van der Waals surface area (Å²) >= 11 is 0. The van der Waals surface area contributed by atoms with E-state index < -0.39 is 0 Å². The molecule has 0 aromatic carbocycles. The van der Waals surface area contributed by atoms with Crippen LogP contribution in [0, 0.1) is 11.3 Å². The van der Waals surface area contributed by atoms with Crippen molar-refractivity contribution in [1.29, 1.82) is 0 Å². The second-order valence-corrected chi connectivity index (χ2v) is 5.80. The van der Waals surface area contributed by atoms with E-state index in [0.717, 1.165) is 5.92 Å². The van der Waals surface area contributed by atoms with E-state index >= 15 is 0 Å². The van der Waals surface area contributed by atoms with Crippen molar-refractivity contribution in [3.8, 4) is 0 Å². The van der Waals surface area contributed by atoms with E-state index in [-0.39, 0.29) is 0 Å². The van der Waals surface area contributed by atoms with Crippen molar-refractivity contribution in [3.05, 3.63) is 24.3 Å². The van der Waals surface area contributed by atoms with Gasteiger partial charge in [-0.1, -0.05) is 43.9 Å². The zero-order valence-electron chi connectivity index (χ0n) is 10.8. The Labute approximate surface area is 101 Å². The highest BCUT2D eigenvalue weighted by Gasteiger charge is 2.35. The molecule has 1 atom stereocenters. The molecule has 1 saturated carbocycles. The summed E-state index contributed by atoms with van der Waals surface area (Å²) in [6.45, 7) is 6.58. The van der Waals surface area contributed by atoms with E-state index in [2.05, 4.69) is 25.7 Å². The van der Waals surface area contributed by atoms with Crippen LogP contribution in [-0.2, 0) is 0 Å². The molecule has 0 radical (unpaired) electrons. The van der Waals surface area contributed by atoms with Gasteiger partial charge in [0.05, 0.1) is 0 Å². The first kappa shape index (κ1) is 12.0. The molecule has 2 aliphatic carbocycles. The molecule has 0 heterocycles. The summed E-state index contributed by atoms with van der Waals surface area (Å²) in [4.78, 5) is 0. The number of allylic oxidation sites excluding steroid dienone is 3. The van der Waals surface area contributed by atoms with E-state index in [9.17, 15) is 0 Å². The van der Waals surface area contributed by atoms with Crippen LogP contribution in [0.25, 0.3) is 0 Å². The molecule has 0 aromatic heterocycles. The van der Waals surface area contributed by atoms with Gasteiger partial charge in [0.15, 0.2) is 0 Å². The van der Waals surface area contributed by atoms with Crippen LogP contribution in [0.3, 0.4) is 0 Å². The van der Waals surface area contributed by atoms with Gasteiger partial charge in [0.25, 0.3) is 0 Å². The van der Waals surface area contributed by atoms with E-state index in [0.29, 0.717) is 5.41 Å². The molecular weight excluding hydrogens is 192 g/mol. The van der Waals surface area contributed by atoms with Gasteiger partial charge in [-0.15, -0.1) is 6.58 Å². The van der Waals surface area contributed by atoms with Gasteiger partial charge in [-0.05, 0) is 44.4 Å². The molecule has 2 aliphatic rings. The Morgan fingerprint density at radius 1 is 1.19 bits per heavy atom. The first-order valence-corrected chi connectivity index (χ1v) is 7.10. The first-order valence-electron chi connectivity index (χ1n) is 7.10. The zero-order valence-corrected chi connectivity index (χ0v) is 10.8. The molecule has 0 aromatic rings. The number of hydrogen-bond donors (Lipinski definition) is 0. The predicted octanol–water partition coefficient (Wildman–Crippen LogP) is 5.26.